The van der Waals surface area contributed by atoms with Crippen molar-refractivity contribution in [2.24, 2.45) is 4.99 Å². The largest absolute Gasteiger partial charge is 0.357 e. The van der Waals surface area contributed by atoms with Crippen LogP contribution in [0.3, 0.4) is 0 Å². The van der Waals surface area contributed by atoms with Gasteiger partial charge < -0.3 is 15.1 Å². The van der Waals surface area contributed by atoms with E-state index in [1.54, 1.807) is 13.8 Å². The van der Waals surface area contributed by atoms with Gasteiger partial charge in [-0.05, 0) is 51.3 Å². The summed E-state index contributed by atoms with van der Waals surface area (Å²) in [5.41, 5.74) is 1.12. The van der Waals surface area contributed by atoms with Gasteiger partial charge in [-0.2, -0.15) is 0 Å². The molecule has 2 saturated heterocycles. The van der Waals surface area contributed by atoms with Gasteiger partial charge in [0.05, 0.1) is 17.0 Å². The molecule has 3 rings (SSSR count). The summed E-state index contributed by atoms with van der Waals surface area (Å²) in [6.45, 7) is 10.0. The van der Waals surface area contributed by atoms with Crippen LogP contribution in [0.4, 0.5) is 5.82 Å². The van der Waals surface area contributed by atoms with Crippen LogP contribution in [0.15, 0.2) is 23.3 Å². The molecule has 0 radical (unpaired) electrons. The first-order valence-corrected chi connectivity index (χ1v) is 12.4. The van der Waals surface area contributed by atoms with Crippen LogP contribution in [0, 0.1) is 0 Å². The van der Waals surface area contributed by atoms with E-state index in [1.165, 1.54) is 25.7 Å². The van der Waals surface area contributed by atoms with Gasteiger partial charge in [-0.25, -0.2) is 18.4 Å². The number of aliphatic imine (C=N–C) groups is 1. The maximum atomic E-state index is 12.3. The Hall–Kier alpha value is -1.10. The molecule has 30 heavy (non-hydrogen) atoms. The van der Waals surface area contributed by atoms with E-state index in [0.29, 0.717) is 19.6 Å². The molecule has 2 aliphatic rings. The molecule has 3 heterocycles. The summed E-state index contributed by atoms with van der Waals surface area (Å²) in [7, 11) is -3.07. The van der Waals surface area contributed by atoms with Crippen molar-refractivity contribution in [2.45, 2.75) is 57.7 Å². The van der Waals surface area contributed by atoms with E-state index in [1.807, 2.05) is 19.2 Å². The third kappa shape index (κ3) is 6.21. The highest BCUT2D eigenvalue weighted by Crippen LogP contribution is 2.24. The molecule has 0 unspecified atom stereocenters. The van der Waals surface area contributed by atoms with E-state index in [4.69, 9.17) is 4.99 Å². The number of guanidine groups is 1. The fraction of sp³-hybridized carbons (Fsp3) is 0.714. The molecule has 7 nitrogen and oxygen atoms in total. The van der Waals surface area contributed by atoms with Crippen molar-refractivity contribution < 1.29 is 8.42 Å². The van der Waals surface area contributed by atoms with Crippen LogP contribution < -0.4 is 10.2 Å². The van der Waals surface area contributed by atoms with E-state index < -0.39 is 14.6 Å². The molecule has 0 saturated carbocycles. The van der Waals surface area contributed by atoms with Crippen LogP contribution in [0.25, 0.3) is 0 Å². The molecule has 0 aromatic carbocycles. The second kappa shape index (κ2) is 11.0. The fourth-order valence-corrected chi connectivity index (χ4v) is 5.31. The number of rotatable bonds is 4. The zero-order chi connectivity index (χ0) is 20.9. The predicted octanol–water partition coefficient (Wildman–Crippen LogP) is 3.05. The van der Waals surface area contributed by atoms with Crippen LogP contribution in [-0.2, 0) is 16.4 Å². The molecule has 2 aliphatic heterocycles. The number of halogens is 1. The Balaban J connectivity index is 0.00000320. The molecular weight excluding hydrogens is 513 g/mol. The standard InChI is InChI=1S/C21H35N5O2S.HI/c1-4-22-20(26-13-14-29(27,28)21(2,3)17-26)24-16-18-9-10-23-19(15-18)25-11-7-5-6-8-12-25;/h9-10,15H,4-8,11-14,16-17H2,1-3H3,(H,22,24);1H. The number of aromatic nitrogens is 1. The number of pyridine rings is 1. The minimum Gasteiger partial charge on any atom is -0.357 e. The Morgan fingerprint density at radius 3 is 2.53 bits per heavy atom. The zero-order valence-electron chi connectivity index (χ0n) is 18.4. The molecule has 170 valence electrons. The molecule has 0 spiro atoms. The molecular formula is C21H36IN5O2S. The smallest absolute Gasteiger partial charge is 0.194 e. The normalized spacial score (nSPS) is 21.5. The van der Waals surface area contributed by atoms with E-state index >= 15 is 0 Å². The lowest BCUT2D eigenvalue weighted by Crippen LogP contribution is -2.57. The number of hydrogen-bond donors (Lipinski definition) is 1. The van der Waals surface area contributed by atoms with Crippen molar-refractivity contribution in [3.8, 4) is 0 Å². The number of nitrogens with zero attached hydrogens (tertiary/aromatic N) is 4. The van der Waals surface area contributed by atoms with Gasteiger partial charge in [-0.1, -0.05) is 12.8 Å². The van der Waals surface area contributed by atoms with Crippen molar-refractivity contribution in [2.75, 3.05) is 43.4 Å². The first kappa shape index (κ1) is 25.2. The highest BCUT2D eigenvalue weighted by Gasteiger charge is 2.40. The molecule has 0 bridgehead atoms. The summed E-state index contributed by atoms with van der Waals surface area (Å²) in [6, 6.07) is 4.15. The van der Waals surface area contributed by atoms with Crippen LogP contribution in [0.1, 0.15) is 52.0 Å². The van der Waals surface area contributed by atoms with Crippen LogP contribution in [0.2, 0.25) is 0 Å². The lowest BCUT2D eigenvalue weighted by molar-refractivity contribution is 0.353. The maximum Gasteiger partial charge on any atom is 0.194 e. The van der Waals surface area contributed by atoms with E-state index in [2.05, 4.69) is 26.2 Å². The van der Waals surface area contributed by atoms with E-state index in [-0.39, 0.29) is 29.7 Å². The summed E-state index contributed by atoms with van der Waals surface area (Å²) in [6.07, 6.45) is 6.92. The number of anilines is 1. The minimum absolute atomic E-state index is 0. The molecule has 1 N–H and O–H groups in total. The Morgan fingerprint density at radius 1 is 1.20 bits per heavy atom. The average Bonchev–Trinajstić information content (AvgIpc) is 2.97. The van der Waals surface area contributed by atoms with Crippen molar-refractivity contribution in [1.29, 1.82) is 0 Å². The van der Waals surface area contributed by atoms with Gasteiger partial charge in [0, 0.05) is 38.9 Å². The molecule has 0 amide bonds. The topological polar surface area (TPSA) is 77.9 Å². The van der Waals surface area contributed by atoms with Gasteiger partial charge in [-0.15, -0.1) is 24.0 Å². The Bertz CT molecular complexity index is 820. The van der Waals surface area contributed by atoms with Crippen LogP contribution in [0.5, 0.6) is 0 Å². The third-order valence-corrected chi connectivity index (χ3v) is 8.36. The first-order valence-electron chi connectivity index (χ1n) is 10.8. The third-order valence-electron chi connectivity index (χ3n) is 5.83. The highest BCUT2D eigenvalue weighted by molar-refractivity contribution is 14.0. The van der Waals surface area contributed by atoms with Crippen LogP contribution >= 0.6 is 24.0 Å². The lowest BCUT2D eigenvalue weighted by atomic mass is 10.2. The molecule has 0 aliphatic carbocycles. The van der Waals surface area contributed by atoms with E-state index in [9.17, 15) is 8.42 Å². The van der Waals surface area contributed by atoms with Gasteiger partial charge in [0.2, 0.25) is 0 Å². The monoisotopic (exact) mass is 549 g/mol. The molecule has 2 fully saturated rings. The van der Waals surface area contributed by atoms with Gasteiger partial charge in [0.1, 0.15) is 5.82 Å². The molecule has 0 atom stereocenters. The zero-order valence-corrected chi connectivity index (χ0v) is 21.6. The van der Waals surface area contributed by atoms with Gasteiger partial charge in [-0.3, -0.25) is 0 Å². The Labute approximate surface area is 198 Å². The Kier molecular flexibility index (Phi) is 9.20. The second-order valence-corrected chi connectivity index (χ2v) is 11.3. The SMILES string of the molecule is CCNC(=NCc1ccnc(N2CCCCCC2)c1)N1CCS(=O)(=O)C(C)(C)C1.I. The number of nitrogens with one attached hydrogen (secondary N) is 1. The quantitative estimate of drug-likeness (QED) is 0.354. The lowest BCUT2D eigenvalue weighted by Gasteiger charge is -2.39. The fourth-order valence-electron chi connectivity index (χ4n) is 3.95. The number of hydrogen-bond acceptors (Lipinski definition) is 5. The first-order chi connectivity index (χ1) is 13.8. The summed E-state index contributed by atoms with van der Waals surface area (Å²) >= 11 is 0. The van der Waals surface area contributed by atoms with Crippen molar-refractivity contribution in [3.05, 3.63) is 23.9 Å². The second-order valence-electron chi connectivity index (χ2n) is 8.59. The molecule has 9 heteroatoms. The minimum atomic E-state index is -3.07. The molecule has 1 aromatic heterocycles. The van der Waals surface area contributed by atoms with Gasteiger partial charge >= 0.3 is 0 Å². The van der Waals surface area contributed by atoms with Crippen molar-refractivity contribution >= 4 is 45.6 Å². The summed E-state index contributed by atoms with van der Waals surface area (Å²) in [5.74, 6) is 1.98. The highest BCUT2D eigenvalue weighted by atomic mass is 127. The summed E-state index contributed by atoms with van der Waals surface area (Å²) in [5, 5.41) is 3.33. The molecule has 1 aromatic rings. The van der Waals surface area contributed by atoms with Gasteiger partial charge in [0.15, 0.2) is 15.8 Å². The summed E-state index contributed by atoms with van der Waals surface area (Å²) < 4.78 is 23.9. The van der Waals surface area contributed by atoms with Crippen LogP contribution in [-0.4, -0.2) is 67.5 Å². The Morgan fingerprint density at radius 2 is 1.90 bits per heavy atom. The van der Waals surface area contributed by atoms with Crippen molar-refractivity contribution in [1.82, 2.24) is 15.2 Å². The predicted molar refractivity (Wildman–Crippen MR) is 135 cm³/mol. The summed E-state index contributed by atoms with van der Waals surface area (Å²) in [4.78, 5) is 13.8. The van der Waals surface area contributed by atoms with Gasteiger partial charge in [0.25, 0.3) is 0 Å². The average molecular weight is 550 g/mol. The van der Waals surface area contributed by atoms with Crippen molar-refractivity contribution in [3.63, 3.8) is 0 Å². The number of sulfone groups is 1. The van der Waals surface area contributed by atoms with E-state index in [0.717, 1.165) is 37.0 Å². The maximum absolute atomic E-state index is 12.3.